The summed E-state index contributed by atoms with van der Waals surface area (Å²) in [5, 5.41) is 14.4. The molecule has 1 heterocycles. The minimum Gasteiger partial charge on any atom is -0.307 e. The number of aromatic nitrogens is 2. The van der Waals surface area contributed by atoms with Gasteiger partial charge < -0.3 is 5.32 Å². The van der Waals surface area contributed by atoms with E-state index in [1.807, 2.05) is 13.1 Å². The largest absolute Gasteiger partial charge is 0.307 e. The van der Waals surface area contributed by atoms with Crippen LogP contribution in [-0.4, -0.2) is 17.2 Å². The molecule has 3 rings (SSSR count). The van der Waals surface area contributed by atoms with E-state index in [2.05, 4.69) is 39.8 Å². The maximum atomic E-state index is 4.41. The van der Waals surface area contributed by atoms with E-state index in [4.69, 9.17) is 0 Å². The fourth-order valence-corrected chi connectivity index (χ4v) is 4.10. The number of rotatable bonds is 5. The minimum absolute atomic E-state index is 0.158. The Morgan fingerprint density at radius 3 is 2.65 bits per heavy atom. The quantitative estimate of drug-likeness (QED) is 0.913. The predicted molar refractivity (Wildman–Crippen MR) is 82.9 cm³/mol. The van der Waals surface area contributed by atoms with E-state index >= 15 is 0 Å². The number of benzene rings is 1. The van der Waals surface area contributed by atoms with Gasteiger partial charge in [0.15, 0.2) is 0 Å². The van der Waals surface area contributed by atoms with Crippen molar-refractivity contribution >= 4 is 11.3 Å². The summed E-state index contributed by atoms with van der Waals surface area (Å²) in [7, 11) is 1.98. The Labute approximate surface area is 124 Å². The van der Waals surface area contributed by atoms with Crippen LogP contribution in [0.25, 0.3) is 0 Å². The van der Waals surface area contributed by atoms with Gasteiger partial charge in [0, 0.05) is 6.42 Å². The molecular weight excluding hydrogens is 266 g/mol. The van der Waals surface area contributed by atoms with Crippen LogP contribution in [0.4, 0.5) is 0 Å². The lowest BCUT2D eigenvalue weighted by Crippen LogP contribution is -2.17. The molecule has 1 saturated carbocycles. The monoisotopic (exact) mass is 287 g/mol. The van der Waals surface area contributed by atoms with Crippen molar-refractivity contribution in [3.63, 3.8) is 0 Å². The van der Waals surface area contributed by atoms with Gasteiger partial charge in [-0.1, -0.05) is 67.4 Å². The Balaban J connectivity index is 1.74. The Kier molecular flexibility index (Phi) is 4.43. The highest BCUT2D eigenvalue weighted by atomic mass is 32.1. The number of hydrogen-bond donors (Lipinski definition) is 1. The average Bonchev–Trinajstić information content (AvgIpc) is 3.14. The van der Waals surface area contributed by atoms with E-state index in [1.165, 1.54) is 36.3 Å². The Hall–Kier alpha value is -1.26. The second-order valence-electron chi connectivity index (χ2n) is 5.52. The highest BCUT2D eigenvalue weighted by molar-refractivity contribution is 7.11. The SMILES string of the molecule is CNC(c1ccccc1)c1nnc(CC2CCCC2)s1. The van der Waals surface area contributed by atoms with E-state index in [1.54, 1.807) is 11.3 Å². The van der Waals surface area contributed by atoms with Crippen molar-refractivity contribution in [3.05, 3.63) is 45.9 Å². The molecule has 4 heteroatoms. The second kappa shape index (κ2) is 6.46. The van der Waals surface area contributed by atoms with Gasteiger partial charge in [0.1, 0.15) is 10.0 Å². The molecule has 0 radical (unpaired) electrons. The van der Waals surface area contributed by atoms with Gasteiger partial charge in [-0.25, -0.2) is 0 Å². The molecule has 0 bridgehead atoms. The van der Waals surface area contributed by atoms with Crippen molar-refractivity contribution in [3.8, 4) is 0 Å². The van der Waals surface area contributed by atoms with Crippen LogP contribution < -0.4 is 5.32 Å². The molecule has 0 aliphatic heterocycles. The first-order valence-corrected chi connectivity index (χ1v) is 8.23. The molecule has 1 aliphatic rings. The fraction of sp³-hybridized carbons (Fsp3) is 0.500. The molecule has 1 aliphatic carbocycles. The summed E-state index contributed by atoms with van der Waals surface area (Å²) in [6.45, 7) is 0. The first-order valence-electron chi connectivity index (χ1n) is 7.41. The minimum atomic E-state index is 0.158. The summed E-state index contributed by atoms with van der Waals surface area (Å²) in [5.74, 6) is 0.834. The van der Waals surface area contributed by atoms with Gasteiger partial charge in [-0.3, -0.25) is 0 Å². The summed E-state index contributed by atoms with van der Waals surface area (Å²) >= 11 is 1.76. The molecule has 2 aromatic rings. The fourth-order valence-electron chi connectivity index (χ4n) is 3.01. The average molecular weight is 287 g/mol. The Morgan fingerprint density at radius 1 is 1.20 bits per heavy atom. The lowest BCUT2D eigenvalue weighted by atomic mass is 10.1. The zero-order valence-corrected chi connectivity index (χ0v) is 12.7. The third-order valence-electron chi connectivity index (χ3n) is 4.09. The van der Waals surface area contributed by atoms with Crippen LogP contribution >= 0.6 is 11.3 Å². The molecule has 3 nitrogen and oxygen atoms in total. The number of hydrogen-bond acceptors (Lipinski definition) is 4. The number of nitrogens with one attached hydrogen (secondary N) is 1. The second-order valence-corrected chi connectivity index (χ2v) is 6.61. The first-order chi connectivity index (χ1) is 9.86. The van der Waals surface area contributed by atoms with Crippen molar-refractivity contribution < 1.29 is 0 Å². The van der Waals surface area contributed by atoms with Gasteiger partial charge in [0.2, 0.25) is 0 Å². The van der Waals surface area contributed by atoms with Gasteiger partial charge in [0.25, 0.3) is 0 Å². The van der Waals surface area contributed by atoms with Crippen LogP contribution in [0, 0.1) is 5.92 Å². The molecule has 20 heavy (non-hydrogen) atoms. The summed E-state index contributed by atoms with van der Waals surface area (Å²) in [6.07, 6.45) is 6.62. The molecule has 1 N–H and O–H groups in total. The Bertz CT molecular complexity index is 532. The van der Waals surface area contributed by atoms with Crippen LogP contribution in [0.1, 0.15) is 47.3 Å². The molecule has 1 aromatic carbocycles. The van der Waals surface area contributed by atoms with E-state index in [-0.39, 0.29) is 6.04 Å². The lowest BCUT2D eigenvalue weighted by molar-refractivity contribution is 0.542. The molecule has 106 valence electrons. The van der Waals surface area contributed by atoms with Crippen molar-refractivity contribution in [2.24, 2.45) is 5.92 Å². The third-order valence-corrected chi connectivity index (χ3v) is 5.10. The first kappa shape index (κ1) is 13.7. The molecule has 1 fully saturated rings. The molecule has 1 aromatic heterocycles. The van der Waals surface area contributed by atoms with Crippen LogP contribution in [0.15, 0.2) is 30.3 Å². The Morgan fingerprint density at radius 2 is 1.95 bits per heavy atom. The zero-order chi connectivity index (χ0) is 13.8. The van der Waals surface area contributed by atoms with Crippen molar-refractivity contribution in [1.82, 2.24) is 15.5 Å². The van der Waals surface area contributed by atoms with E-state index in [0.717, 1.165) is 17.3 Å². The molecule has 0 saturated heterocycles. The van der Waals surface area contributed by atoms with E-state index in [0.29, 0.717) is 0 Å². The summed E-state index contributed by atoms with van der Waals surface area (Å²) in [4.78, 5) is 0. The van der Waals surface area contributed by atoms with Crippen LogP contribution in [0.5, 0.6) is 0 Å². The van der Waals surface area contributed by atoms with Gasteiger partial charge in [0.05, 0.1) is 6.04 Å². The van der Waals surface area contributed by atoms with E-state index in [9.17, 15) is 0 Å². The summed E-state index contributed by atoms with van der Waals surface area (Å²) in [6, 6.07) is 10.6. The molecular formula is C16H21N3S. The van der Waals surface area contributed by atoms with Crippen LogP contribution in [0.3, 0.4) is 0 Å². The molecule has 1 atom stereocenters. The van der Waals surface area contributed by atoms with Gasteiger partial charge in [-0.05, 0) is 18.5 Å². The maximum absolute atomic E-state index is 4.41. The number of nitrogens with zero attached hydrogens (tertiary/aromatic N) is 2. The highest BCUT2D eigenvalue weighted by Gasteiger charge is 2.20. The van der Waals surface area contributed by atoms with Crippen LogP contribution in [0.2, 0.25) is 0 Å². The normalized spacial score (nSPS) is 17.4. The predicted octanol–water partition coefficient (Wildman–Crippen LogP) is 3.58. The summed E-state index contributed by atoms with van der Waals surface area (Å²) in [5.41, 5.74) is 1.25. The van der Waals surface area contributed by atoms with Crippen LogP contribution in [-0.2, 0) is 6.42 Å². The molecule has 0 amide bonds. The highest BCUT2D eigenvalue weighted by Crippen LogP contribution is 2.30. The van der Waals surface area contributed by atoms with Crippen molar-refractivity contribution in [1.29, 1.82) is 0 Å². The van der Waals surface area contributed by atoms with Gasteiger partial charge in [-0.2, -0.15) is 0 Å². The van der Waals surface area contributed by atoms with Gasteiger partial charge in [-0.15, -0.1) is 10.2 Å². The lowest BCUT2D eigenvalue weighted by Gasteiger charge is -2.12. The third kappa shape index (κ3) is 3.07. The smallest absolute Gasteiger partial charge is 0.139 e. The van der Waals surface area contributed by atoms with E-state index < -0.39 is 0 Å². The van der Waals surface area contributed by atoms with Crippen molar-refractivity contribution in [2.45, 2.75) is 38.1 Å². The standard InChI is InChI=1S/C16H21N3S/c1-17-15(13-9-3-2-4-10-13)16-19-18-14(20-16)11-12-7-5-6-8-12/h2-4,9-10,12,15,17H,5-8,11H2,1H3. The topological polar surface area (TPSA) is 37.8 Å². The summed E-state index contributed by atoms with van der Waals surface area (Å²) < 4.78 is 0. The molecule has 1 unspecified atom stereocenters. The maximum Gasteiger partial charge on any atom is 0.139 e. The zero-order valence-electron chi connectivity index (χ0n) is 11.9. The van der Waals surface area contributed by atoms with Crippen molar-refractivity contribution in [2.75, 3.05) is 7.05 Å². The molecule has 0 spiro atoms. The van der Waals surface area contributed by atoms with Gasteiger partial charge >= 0.3 is 0 Å².